The lowest BCUT2D eigenvalue weighted by Gasteiger charge is -2.14. The zero-order valence-electron chi connectivity index (χ0n) is 13.3. The van der Waals surface area contributed by atoms with Crippen LogP contribution >= 0.6 is 0 Å². The van der Waals surface area contributed by atoms with Gasteiger partial charge in [0, 0.05) is 0 Å². The lowest BCUT2D eigenvalue weighted by atomic mass is 10.0. The van der Waals surface area contributed by atoms with Gasteiger partial charge in [-0.05, 0) is 18.6 Å². The molecule has 136 valence electrons. The summed E-state index contributed by atoms with van der Waals surface area (Å²) in [5.74, 6) is -1.99. The van der Waals surface area contributed by atoms with Crippen molar-refractivity contribution >= 4 is 17.8 Å². The maximum atomic E-state index is 13.0. The first kappa shape index (κ1) is 20.2. The topological polar surface area (TPSA) is 81.7 Å². The predicted octanol–water partition coefficient (Wildman–Crippen LogP) is 2.65. The van der Waals surface area contributed by atoms with Crippen molar-refractivity contribution in [2.45, 2.75) is 13.1 Å². The lowest BCUT2D eigenvalue weighted by molar-refractivity contribution is -0.138. The zero-order chi connectivity index (χ0) is 19.0. The second-order valence-electron chi connectivity index (χ2n) is 4.85. The Labute approximate surface area is 141 Å². The van der Waals surface area contributed by atoms with Gasteiger partial charge < -0.3 is 14.8 Å². The fraction of sp³-hybridized carbons (Fsp3) is 0.312. The van der Waals surface area contributed by atoms with E-state index in [0.29, 0.717) is 0 Å². The summed E-state index contributed by atoms with van der Waals surface area (Å²) in [5.41, 5.74) is -1.73. The highest BCUT2D eigenvalue weighted by Gasteiger charge is 2.36. The zero-order valence-corrected chi connectivity index (χ0v) is 13.3. The molecule has 1 rings (SSSR count). The van der Waals surface area contributed by atoms with E-state index in [9.17, 15) is 27.6 Å². The number of carbonyl (C=O) groups is 3. The van der Waals surface area contributed by atoms with Crippen molar-refractivity contribution in [1.29, 1.82) is 0 Å². The van der Waals surface area contributed by atoms with Gasteiger partial charge in [-0.25, -0.2) is 9.59 Å². The van der Waals surface area contributed by atoms with Crippen molar-refractivity contribution in [1.82, 2.24) is 5.32 Å². The maximum Gasteiger partial charge on any atom is 0.417 e. The molecule has 1 aromatic carbocycles. The first-order valence-electron chi connectivity index (χ1n) is 7.04. The number of esters is 1. The number of hydrogen-bond donors (Lipinski definition) is 1. The predicted molar refractivity (Wildman–Crippen MR) is 81.0 cm³/mol. The molecule has 0 aliphatic rings. The van der Waals surface area contributed by atoms with Gasteiger partial charge in [0.2, 0.25) is 0 Å². The molecule has 0 aromatic heterocycles. The van der Waals surface area contributed by atoms with Gasteiger partial charge in [0.05, 0.1) is 17.7 Å². The molecule has 25 heavy (non-hydrogen) atoms. The fourth-order valence-corrected chi connectivity index (χ4v) is 1.80. The number of alkyl carbamates (subject to hydrolysis) is 1. The third kappa shape index (κ3) is 6.28. The van der Waals surface area contributed by atoms with E-state index in [0.717, 1.165) is 6.07 Å². The smallest absolute Gasteiger partial charge is 0.417 e. The molecule has 0 fully saturated rings. The van der Waals surface area contributed by atoms with Crippen LogP contribution in [0.3, 0.4) is 0 Å². The number of rotatable bonds is 7. The Kier molecular flexibility index (Phi) is 7.16. The molecule has 0 radical (unpaired) electrons. The van der Waals surface area contributed by atoms with Crippen molar-refractivity contribution in [3.05, 3.63) is 47.5 Å². The summed E-state index contributed by atoms with van der Waals surface area (Å²) in [6, 6.07) is 3.24. The van der Waals surface area contributed by atoms with Gasteiger partial charge in [0.1, 0.15) is 6.61 Å². The van der Waals surface area contributed by atoms with Crippen LogP contribution < -0.4 is 5.32 Å². The average molecular weight is 359 g/mol. The number of hydrogen-bond acceptors (Lipinski definition) is 5. The summed E-state index contributed by atoms with van der Waals surface area (Å²) in [6.07, 6.45) is -4.29. The van der Waals surface area contributed by atoms with Crippen molar-refractivity contribution in [3.63, 3.8) is 0 Å². The first-order valence-corrected chi connectivity index (χ1v) is 7.04. The Balaban J connectivity index is 2.65. The molecule has 0 saturated carbocycles. The molecule has 0 bridgehead atoms. The second-order valence-corrected chi connectivity index (χ2v) is 4.85. The molecule has 0 aliphatic heterocycles. The van der Waals surface area contributed by atoms with E-state index in [1.54, 1.807) is 0 Å². The number of carbonyl (C=O) groups excluding carboxylic acids is 3. The quantitative estimate of drug-likeness (QED) is 0.598. The van der Waals surface area contributed by atoms with Gasteiger partial charge in [0.15, 0.2) is 12.4 Å². The minimum atomic E-state index is -4.74. The SMILES string of the molecule is C=CCOC(=O)NCC(=O)COC(=O)c1c(C)cccc1C(F)(F)F. The minimum absolute atomic E-state index is 0.0531. The van der Waals surface area contributed by atoms with Crippen molar-refractivity contribution in [2.75, 3.05) is 19.8 Å². The number of nitrogens with one attached hydrogen (secondary N) is 1. The largest absolute Gasteiger partial charge is 0.454 e. The van der Waals surface area contributed by atoms with Crippen LogP contribution in [0.15, 0.2) is 30.9 Å². The number of amides is 1. The monoisotopic (exact) mass is 359 g/mol. The van der Waals surface area contributed by atoms with E-state index in [-0.39, 0.29) is 12.2 Å². The van der Waals surface area contributed by atoms with Gasteiger partial charge >= 0.3 is 18.2 Å². The molecule has 9 heteroatoms. The number of ketones is 1. The summed E-state index contributed by atoms with van der Waals surface area (Å²) in [5, 5.41) is 2.10. The molecule has 6 nitrogen and oxygen atoms in total. The molecule has 0 unspecified atom stereocenters. The van der Waals surface area contributed by atoms with Crippen molar-refractivity contribution < 1.29 is 37.0 Å². The molecular formula is C16H16F3NO5. The van der Waals surface area contributed by atoms with Gasteiger partial charge in [-0.2, -0.15) is 13.2 Å². The highest BCUT2D eigenvalue weighted by molar-refractivity contribution is 5.95. The molecule has 0 spiro atoms. The van der Waals surface area contributed by atoms with Crippen LogP contribution in [0.5, 0.6) is 0 Å². The summed E-state index contributed by atoms with van der Waals surface area (Å²) in [4.78, 5) is 34.6. The van der Waals surface area contributed by atoms with E-state index < -0.39 is 48.3 Å². The third-order valence-corrected chi connectivity index (χ3v) is 2.91. The summed E-state index contributed by atoms with van der Waals surface area (Å²) < 4.78 is 48.0. The van der Waals surface area contributed by atoms with Crippen LogP contribution in [0.2, 0.25) is 0 Å². The Hall–Kier alpha value is -2.84. The number of ether oxygens (including phenoxy) is 2. The molecule has 0 atom stereocenters. The van der Waals surface area contributed by atoms with Crippen LogP contribution in [-0.2, 0) is 20.4 Å². The molecule has 0 aliphatic carbocycles. The Morgan fingerprint density at radius 2 is 1.92 bits per heavy atom. The van der Waals surface area contributed by atoms with Crippen molar-refractivity contribution in [3.8, 4) is 0 Å². The second kappa shape index (κ2) is 8.86. The average Bonchev–Trinajstić information content (AvgIpc) is 2.54. The summed E-state index contributed by atoms with van der Waals surface area (Å²) in [7, 11) is 0. The van der Waals surface area contributed by atoms with Crippen LogP contribution in [0.4, 0.5) is 18.0 Å². The molecule has 0 saturated heterocycles. The maximum absolute atomic E-state index is 13.0. The Morgan fingerprint density at radius 3 is 2.52 bits per heavy atom. The summed E-state index contributed by atoms with van der Waals surface area (Å²) in [6.45, 7) is 3.32. The Bertz CT molecular complexity index is 670. The lowest BCUT2D eigenvalue weighted by Crippen LogP contribution is -2.32. The fourth-order valence-electron chi connectivity index (χ4n) is 1.80. The third-order valence-electron chi connectivity index (χ3n) is 2.91. The molecule has 0 heterocycles. The van der Waals surface area contributed by atoms with Crippen LogP contribution in [0.1, 0.15) is 21.5 Å². The normalized spacial score (nSPS) is 10.7. The molecular weight excluding hydrogens is 343 g/mol. The van der Waals surface area contributed by atoms with Gasteiger partial charge in [-0.1, -0.05) is 24.8 Å². The Morgan fingerprint density at radius 1 is 1.24 bits per heavy atom. The van der Waals surface area contributed by atoms with E-state index in [1.165, 1.54) is 25.1 Å². The summed E-state index contributed by atoms with van der Waals surface area (Å²) >= 11 is 0. The van der Waals surface area contributed by atoms with E-state index in [4.69, 9.17) is 0 Å². The molecule has 1 amide bonds. The van der Waals surface area contributed by atoms with Gasteiger partial charge in [-0.15, -0.1) is 0 Å². The van der Waals surface area contributed by atoms with Crippen molar-refractivity contribution in [2.24, 2.45) is 0 Å². The highest BCUT2D eigenvalue weighted by atomic mass is 19.4. The van der Waals surface area contributed by atoms with E-state index in [2.05, 4.69) is 21.4 Å². The molecule has 1 aromatic rings. The number of halogens is 3. The minimum Gasteiger partial charge on any atom is -0.454 e. The standard InChI is InChI=1S/C16H16F3NO5/c1-3-7-24-15(23)20-8-11(21)9-25-14(22)13-10(2)5-4-6-12(13)16(17,18)19/h3-6H,1,7-9H2,2H3,(H,20,23). The highest BCUT2D eigenvalue weighted by Crippen LogP contribution is 2.33. The first-order chi connectivity index (χ1) is 11.7. The van der Waals surface area contributed by atoms with E-state index in [1.807, 2.05) is 0 Å². The van der Waals surface area contributed by atoms with Crippen LogP contribution in [0, 0.1) is 6.92 Å². The van der Waals surface area contributed by atoms with Crippen LogP contribution in [-0.4, -0.2) is 37.6 Å². The number of aryl methyl sites for hydroxylation is 1. The molecule has 1 N–H and O–H groups in total. The van der Waals surface area contributed by atoms with E-state index >= 15 is 0 Å². The number of alkyl halides is 3. The number of Topliss-reactive ketones (excluding diaryl/α,β-unsaturated/α-hetero) is 1. The van der Waals surface area contributed by atoms with Gasteiger partial charge in [-0.3, -0.25) is 4.79 Å². The van der Waals surface area contributed by atoms with Gasteiger partial charge in [0.25, 0.3) is 0 Å². The van der Waals surface area contributed by atoms with Crippen LogP contribution in [0.25, 0.3) is 0 Å². The number of benzene rings is 1.